The van der Waals surface area contributed by atoms with Gasteiger partial charge in [0.25, 0.3) is 5.91 Å². The summed E-state index contributed by atoms with van der Waals surface area (Å²) < 4.78 is 0. The molecule has 0 aromatic carbocycles. The number of rotatable bonds is 4. The number of hydrogen-bond donors (Lipinski definition) is 3. The maximum atomic E-state index is 11.8. The molecule has 3 rings (SSSR count). The third kappa shape index (κ3) is 2.46. The molecule has 1 aromatic rings. The standard InChI is InChI=1S/C11H17N5O/c17-11(13-6-7-3-4-12-5-7)10-14-9(15-16-10)8-1-2-8/h7-8,12H,1-6H2,(H,13,17)(H,14,15,16). The molecule has 1 amide bonds. The first kappa shape index (κ1) is 10.7. The van der Waals surface area contributed by atoms with Crippen LogP contribution in [0, 0.1) is 5.92 Å². The van der Waals surface area contributed by atoms with Gasteiger partial charge in [0.05, 0.1) is 0 Å². The van der Waals surface area contributed by atoms with Gasteiger partial charge in [0.1, 0.15) is 5.82 Å². The van der Waals surface area contributed by atoms with Crippen molar-refractivity contribution in [1.29, 1.82) is 0 Å². The Bertz CT molecular complexity index is 406. The molecule has 1 aliphatic carbocycles. The number of aromatic nitrogens is 3. The van der Waals surface area contributed by atoms with Gasteiger partial charge in [0.15, 0.2) is 0 Å². The second-order valence-electron chi connectivity index (χ2n) is 4.89. The molecule has 1 unspecified atom stereocenters. The maximum absolute atomic E-state index is 11.8. The molecule has 1 aromatic heterocycles. The molecule has 17 heavy (non-hydrogen) atoms. The molecule has 92 valence electrons. The number of carbonyl (C=O) groups is 1. The maximum Gasteiger partial charge on any atom is 0.290 e. The van der Waals surface area contributed by atoms with Crippen LogP contribution in [0.1, 0.15) is 41.6 Å². The first-order chi connectivity index (χ1) is 8.33. The lowest BCUT2D eigenvalue weighted by molar-refractivity contribution is 0.0938. The Morgan fingerprint density at radius 1 is 1.41 bits per heavy atom. The third-order valence-corrected chi connectivity index (χ3v) is 3.38. The van der Waals surface area contributed by atoms with Crippen LogP contribution in [0.5, 0.6) is 0 Å². The van der Waals surface area contributed by atoms with Gasteiger partial charge in [-0.15, -0.1) is 5.10 Å². The highest BCUT2D eigenvalue weighted by molar-refractivity contribution is 5.90. The predicted octanol–water partition coefficient (Wildman–Crippen LogP) is 0.0214. The lowest BCUT2D eigenvalue weighted by atomic mass is 10.1. The Kier molecular flexibility index (Phi) is 2.80. The smallest absolute Gasteiger partial charge is 0.290 e. The van der Waals surface area contributed by atoms with Gasteiger partial charge in [0.2, 0.25) is 5.82 Å². The van der Waals surface area contributed by atoms with Crippen LogP contribution in [0.25, 0.3) is 0 Å². The second-order valence-corrected chi connectivity index (χ2v) is 4.89. The Labute approximate surface area is 99.6 Å². The number of nitrogens with zero attached hydrogens (tertiary/aromatic N) is 2. The average molecular weight is 235 g/mol. The SMILES string of the molecule is O=C(NCC1CCNC1)c1n[nH]c(C2CC2)n1. The van der Waals surface area contributed by atoms with Crippen molar-refractivity contribution in [2.45, 2.75) is 25.2 Å². The van der Waals surface area contributed by atoms with Crippen LogP contribution in [0.15, 0.2) is 0 Å². The van der Waals surface area contributed by atoms with E-state index in [4.69, 9.17) is 0 Å². The van der Waals surface area contributed by atoms with Crippen molar-refractivity contribution in [2.75, 3.05) is 19.6 Å². The molecule has 6 heteroatoms. The third-order valence-electron chi connectivity index (χ3n) is 3.38. The summed E-state index contributed by atoms with van der Waals surface area (Å²) in [5.41, 5.74) is 0. The Morgan fingerprint density at radius 3 is 3.00 bits per heavy atom. The molecule has 3 N–H and O–H groups in total. The lowest BCUT2D eigenvalue weighted by Gasteiger charge is -2.07. The minimum absolute atomic E-state index is 0.167. The summed E-state index contributed by atoms with van der Waals surface area (Å²) in [7, 11) is 0. The summed E-state index contributed by atoms with van der Waals surface area (Å²) in [5.74, 6) is 2.01. The fraction of sp³-hybridized carbons (Fsp3) is 0.727. The number of aromatic amines is 1. The molecule has 0 spiro atoms. The number of nitrogens with one attached hydrogen (secondary N) is 3. The summed E-state index contributed by atoms with van der Waals surface area (Å²) >= 11 is 0. The second kappa shape index (κ2) is 4.44. The summed E-state index contributed by atoms with van der Waals surface area (Å²) in [5, 5.41) is 13.0. The normalized spacial score (nSPS) is 23.9. The molecule has 1 saturated carbocycles. The number of H-pyrrole nitrogens is 1. The van der Waals surface area contributed by atoms with Crippen LogP contribution in [-0.2, 0) is 0 Å². The van der Waals surface area contributed by atoms with Gasteiger partial charge < -0.3 is 10.6 Å². The van der Waals surface area contributed by atoms with Crippen LogP contribution in [0.4, 0.5) is 0 Å². The molecular formula is C11H17N5O. The molecular weight excluding hydrogens is 218 g/mol. The van der Waals surface area contributed by atoms with Crippen LogP contribution in [0.3, 0.4) is 0 Å². The molecule has 0 bridgehead atoms. The van der Waals surface area contributed by atoms with Gasteiger partial charge in [-0.05, 0) is 38.3 Å². The van der Waals surface area contributed by atoms with E-state index in [1.165, 1.54) is 0 Å². The van der Waals surface area contributed by atoms with E-state index in [0.29, 0.717) is 18.4 Å². The zero-order chi connectivity index (χ0) is 11.7. The molecule has 1 aliphatic heterocycles. The minimum Gasteiger partial charge on any atom is -0.349 e. The van der Waals surface area contributed by atoms with Crippen molar-refractivity contribution >= 4 is 5.91 Å². The highest BCUT2D eigenvalue weighted by Crippen LogP contribution is 2.37. The minimum atomic E-state index is -0.167. The van der Waals surface area contributed by atoms with Crippen molar-refractivity contribution in [3.63, 3.8) is 0 Å². The van der Waals surface area contributed by atoms with E-state index >= 15 is 0 Å². The Balaban J connectivity index is 1.53. The monoisotopic (exact) mass is 235 g/mol. The highest BCUT2D eigenvalue weighted by Gasteiger charge is 2.28. The lowest BCUT2D eigenvalue weighted by Crippen LogP contribution is -2.30. The largest absolute Gasteiger partial charge is 0.349 e. The van der Waals surface area contributed by atoms with Crippen molar-refractivity contribution in [2.24, 2.45) is 5.92 Å². The number of amides is 1. The summed E-state index contributed by atoms with van der Waals surface area (Å²) in [6, 6.07) is 0. The zero-order valence-corrected chi connectivity index (χ0v) is 9.70. The van der Waals surface area contributed by atoms with Gasteiger partial charge in [0, 0.05) is 12.5 Å². The topological polar surface area (TPSA) is 82.7 Å². The summed E-state index contributed by atoms with van der Waals surface area (Å²) in [4.78, 5) is 16.0. The molecule has 2 heterocycles. The quantitative estimate of drug-likeness (QED) is 0.687. The van der Waals surface area contributed by atoms with Crippen LogP contribution < -0.4 is 10.6 Å². The van der Waals surface area contributed by atoms with Crippen molar-refractivity contribution in [3.05, 3.63) is 11.6 Å². The van der Waals surface area contributed by atoms with Crippen LogP contribution in [0.2, 0.25) is 0 Å². The number of carbonyl (C=O) groups excluding carboxylic acids is 1. The van der Waals surface area contributed by atoms with E-state index in [1.807, 2.05) is 0 Å². The van der Waals surface area contributed by atoms with Crippen molar-refractivity contribution in [3.8, 4) is 0 Å². The average Bonchev–Trinajstić information content (AvgIpc) is 2.88. The van der Waals surface area contributed by atoms with Gasteiger partial charge in [-0.1, -0.05) is 0 Å². The van der Waals surface area contributed by atoms with E-state index in [0.717, 1.165) is 38.2 Å². The number of hydrogen-bond acceptors (Lipinski definition) is 4. The predicted molar refractivity (Wildman–Crippen MR) is 61.7 cm³/mol. The summed E-state index contributed by atoms with van der Waals surface area (Å²) in [6.45, 7) is 2.74. The van der Waals surface area contributed by atoms with Gasteiger partial charge in [-0.25, -0.2) is 4.98 Å². The van der Waals surface area contributed by atoms with Crippen molar-refractivity contribution < 1.29 is 4.79 Å². The fourth-order valence-electron chi connectivity index (χ4n) is 2.12. The first-order valence-corrected chi connectivity index (χ1v) is 6.24. The van der Waals surface area contributed by atoms with E-state index in [9.17, 15) is 4.79 Å². The van der Waals surface area contributed by atoms with Crippen LogP contribution >= 0.6 is 0 Å². The van der Waals surface area contributed by atoms with E-state index in [-0.39, 0.29) is 11.7 Å². The first-order valence-electron chi connectivity index (χ1n) is 6.24. The van der Waals surface area contributed by atoms with Crippen molar-refractivity contribution in [1.82, 2.24) is 25.8 Å². The molecule has 2 aliphatic rings. The van der Waals surface area contributed by atoms with E-state index in [1.54, 1.807) is 0 Å². The van der Waals surface area contributed by atoms with Gasteiger partial charge in [-0.2, -0.15) is 0 Å². The fourth-order valence-corrected chi connectivity index (χ4v) is 2.12. The zero-order valence-electron chi connectivity index (χ0n) is 9.70. The van der Waals surface area contributed by atoms with Gasteiger partial charge in [-0.3, -0.25) is 9.89 Å². The highest BCUT2D eigenvalue weighted by atomic mass is 16.2. The van der Waals surface area contributed by atoms with E-state index < -0.39 is 0 Å². The van der Waals surface area contributed by atoms with E-state index in [2.05, 4.69) is 25.8 Å². The Hall–Kier alpha value is -1.43. The molecule has 1 saturated heterocycles. The van der Waals surface area contributed by atoms with Gasteiger partial charge >= 0.3 is 0 Å². The summed E-state index contributed by atoms with van der Waals surface area (Å²) in [6.07, 6.45) is 3.44. The Morgan fingerprint density at radius 2 is 2.29 bits per heavy atom. The molecule has 6 nitrogen and oxygen atoms in total. The molecule has 1 atom stereocenters. The van der Waals surface area contributed by atoms with Crippen LogP contribution in [-0.4, -0.2) is 40.7 Å². The molecule has 0 radical (unpaired) electrons. The molecule has 2 fully saturated rings.